The van der Waals surface area contributed by atoms with Crippen molar-refractivity contribution in [2.24, 2.45) is 4.99 Å². The number of carbonyl (C=O) groups is 1. The van der Waals surface area contributed by atoms with Crippen LogP contribution < -0.4 is 5.69 Å². The molecule has 0 radical (unpaired) electrons. The minimum Gasteiger partial charge on any atom is -0.337 e. The van der Waals surface area contributed by atoms with E-state index in [1.165, 1.54) is 18.5 Å². The van der Waals surface area contributed by atoms with Gasteiger partial charge in [-0.2, -0.15) is 5.10 Å². The molecule has 2 aromatic carbocycles. The number of hydrogen-bond donors (Lipinski definition) is 2. The van der Waals surface area contributed by atoms with Crippen molar-refractivity contribution < 1.29 is 9.18 Å². The molecule has 0 atom stereocenters. The van der Waals surface area contributed by atoms with E-state index in [4.69, 9.17) is 5.41 Å². The fourth-order valence-electron chi connectivity index (χ4n) is 5.37. The number of rotatable bonds is 6. The maximum Gasteiger partial charge on any atom is 0.326 e. The first kappa shape index (κ1) is 26.1. The molecule has 3 aromatic heterocycles. The lowest BCUT2D eigenvalue weighted by Crippen LogP contribution is -2.40. The summed E-state index contributed by atoms with van der Waals surface area (Å²) >= 11 is 0. The molecular formula is C30H27FN8O2. The van der Waals surface area contributed by atoms with Crippen LogP contribution in [0.2, 0.25) is 0 Å². The molecule has 0 bridgehead atoms. The van der Waals surface area contributed by atoms with Gasteiger partial charge in [0.1, 0.15) is 5.82 Å². The van der Waals surface area contributed by atoms with E-state index in [-0.39, 0.29) is 23.3 Å². The van der Waals surface area contributed by atoms with E-state index >= 15 is 0 Å². The van der Waals surface area contributed by atoms with Crippen molar-refractivity contribution >= 4 is 29.4 Å². The Morgan fingerprint density at radius 2 is 1.98 bits per heavy atom. The van der Waals surface area contributed by atoms with Gasteiger partial charge in [0.2, 0.25) is 0 Å². The predicted molar refractivity (Wildman–Crippen MR) is 155 cm³/mol. The highest BCUT2D eigenvalue weighted by molar-refractivity contribution is 5.94. The number of piperidine rings is 1. The standard InChI is InChI=1S/C30H27FN8O2/c1-33-17-20-5-6-23(14-24(20)31)39-27(21-3-2-10-34-18-21)15-26(36-39)29(40)37-11-8-22(9-12-37)38-28-13-19(16-32)4-7-25(28)35-30(38)41/h2-7,10,13-18,22,32H,8-9,11-12H2,1H3,(H,35,41)/b32-16?,33-17+. The second-order valence-electron chi connectivity index (χ2n) is 9.91. The van der Waals surface area contributed by atoms with Crippen LogP contribution in [0.5, 0.6) is 0 Å². The molecule has 5 aromatic rings. The number of amides is 1. The number of halogens is 1. The highest BCUT2D eigenvalue weighted by atomic mass is 19.1. The Bertz CT molecular complexity index is 1850. The average molecular weight is 551 g/mol. The lowest BCUT2D eigenvalue weighted by Gasteiger charge is -2.32. The number of nitrogens with zero attached hydrogens (tertiary/aromatic N) is 6. The zero-order chi connectivity index (χ0) is 28.5. The topological polar surface area (TPSA) is 125 Å². The highest BCUT2D eigenvalue weighted by Crippen LogP contribution is 2.28. The van der Waals surface area contributed by atoms with Gasteiger partial charge in [0.25, 0.3) is 5.91 Å². The summed E-state index contributed by atoms with van der Waals surface area (Å²) in [5, 5.41) is 12.2. The first-order chi connectivity index (χ1) is 20.0. The minimum absolute atomic E-state index is 0.0852. The Balaban J connectivity index is 1.28. The van der Waals surface area contributed by atoms with Gasteiger partial charge in [0, 0.05) is 68.2 Å². The second kappa shape index (κ2) is 10.8. The largest absolute Gasteiger partial charge is 0.337 e. The van der Waals surface area contributed by atoms with Crippen LogP contribution in [0.25, 0.3) is 28.0 Å². The third-order valence-corrected chi connectivity index (χ3v) is 7.41. The molecule has 1 saturated heterocycles. The number of likely N-dealkylation sites (tertiary alicyclic amines) is 1. The molecular weight excluding hydrogens is 523 g/mol. The number of carbonyl (C=O) groups excluding carboxylic acids is 1. The Morgan fingerprint density at radius 1 is 1.15 bits per heavy atom. The van der Waals surface area contributed by atoms with Crippen molar-refractivity contribution in [1.29, 1.82) is 5.41 Å². The van der Waals surface area contributed by atoms with Crippen LogP contribution in [-0.4, -0.2) is 67.7 Å². The van der Waals surface area contributed by atoms with Crippen molar-refractivity contribution in [3.05, 3.63) is 100 Å². The molecule has 41 heavy (non-hydrogen) atoms. The fraction of sp³-hybridized carbons (Fsp3) is 0.200. The van der Waals surface area contributed by atoms with E-state index < -0.39 is 5.82 Å². The van der Waals surface area contributed by atoms with E-state index in [9.17, 15) is 14.0 Å². The lowest BCUT2D eigenvalue weighted by atomic mass is 10.0. The van der Waals surface area contributed by atoms with Crippen molar-refractivity contribution in [2.45, 2.75) is 18.9 Å². The third kappa shape index (κ3) is 4.86. The first-order valence-electron chi connectivity index (χ1n) is 13.2. The molecule has 10 nitrogen and oxygen atoms in total. The summed E-state index contributed by atoms with van der Waals surface area (Å²) in [7, 11) is 1.58. The van der Waals surface area contributed by atoms with Crippen molar-refractivity contribution in [3.8, 4) is 16.9 Å². The maximum atomic E-state index is 14.8. The monoisotopic (exact) mass is 550 g/mol. The third-order valence-electron chi connectivity index (χ3n) is 7.41. The van der Waals surface area contributed by atoms with Gasteiger partial charge >= 0.3 is 5.69 Å². The number of nitrogens with one attached hydrogen (secondary N) is 2. The van der Waals surface area contributed by atoms with Gasteiger partial charge in [0.15, 0.2) is 5.69 Å². The number of H-pyrrole nitrogens is 1. The summed E-state index contributed by atoms with van der Waals surface area (Å²) in [5.41, 5.74) is 4.40. The number of aromatic amines is 1. The maximum absolute atomic E-state index is 14.8. The van der Waals surface area contributed by atoms with Crippen LogP contribution in [0.4, 0.5) is 4.39 Å². The molecule has 0 aliphatic carbocycles. The van der Waals surface area contributed by atoms with Crippen LogP contribution in [0.3, 0.4) is 0 Å². The van der Waals surface area contributed by atoms with Crippen LogP contribution in [0, 0.1) is 11.2 Å². The van der Waals surface area contributed by atoms with Crippen LogP contribution in [0.15, 0.2) is 76.8 Å². The van der Waals surface area contributed by atoms with Gasteiger partial charge in [0.05, 0.1) is 22.4 Å². The summed E-state index contributed by atoms with van der Waals surface area (Å²) in [6.45, 7) is 0.892. The number of imidazole rings is 1. The summed E-state index contributed by atoms with van der Waals surface area (Å²) in [5.74, 6) is -0.684. The number of pyridine rings is 1. The smallest absolute Gasteiger partial charge is 0.326 e. The number of fused-ring (bicyclic) bond motifs is 1. The Kier molecular flexibility index (Phi) is 6.84. The molecule has 206 valence electrons. The number of aromatic nitrogens is 5. The van der Waals surface area contributed by atoms with Crippen LogP contribution >= 0.6 is 0 Å². The Hall–Kier alpha value is -5.19. The quantitative estimate of drug-likeness (QED) is 0.307. The molecule has 2 N–H and O–H groups in total. The first-order valence-corrected chi connectivity index (χ1v) is 13.2. The van der Waals surface area contributed by atoms with E-state index in [1.54, 1.807) is 70.0 Å². The molecule has 1 aliphatic rings. The molecule has 1 amide bonds. The van der Waals surface area contributed by atoms with E-state index in [0.29, 0.717) is 48.4 Å². The molecule has 0 spiro atoms. The van der Waals surface area contributed by atoms with Crippen LogP contribution in [-0.2, 0) is 0 Å². The molecule has 11 heteroatoms. The summed E-state index contributed by atoms with van der Waals surface area (Å²) in [6.07, 6.45) is 7.21. The van der Waals surface area contributed by atoms with E-state index in [1.807, 2.05) is 12.1 Å². The van der Waals surface area contributed by atoms with Crippen molar-refractivity contribution in [1.82, 2.24) is 29.2 Å². The van der Waals surface area contributed by atoms with Gasteiger partial charge in [-0.15, -0.1) is 0 Å². The Labute approximate surface area is 234 Å². The van der Waals surface area contributed by atoms with Gasteiger partial charge in [-0.3, -0.25) is 19.3 Å². The van der Waals surface area contributed by atoms with Gasteiger partial charge in [-0.05, 0) is 60.9 Å². The fourth-order valence-corrected chi connectivity index (χ4v) is 5.37. The van der Waals surface area contributed by atoms with E-state index in [2.05, 4.69) is 20.1 Å². The highest BCUT2D eigenvalue weighted by Gasteiger charge is 2.29. The molecule has 0 unspecified atom stereocenters. The molecule has 4 heterocycles. The minimum atomic E-state index is -0.448. The lowest BCUT2D eigenvalue weighted by molar-refractivity contribution is 0.0688. The summed E-state index contributed by atoms with van der Waals surface area (Å²) < 4.78 is 18.1. The SMILES string of the molecule is C/N=C/c1ccc(-n2nc(C(=O)N3CCC(n4c(=O)[nH]c5ccc(C=N)cc54)CC3)cc2-c2cccnc2)cc1F. The normalized spacial score (nSPS) is 14.2. The second-order valence-corrected chi connectivity index (χ2v) is 9.91. The van der Waals surface area contributed by atoms with Gasteiger partial charge < -0.3 is 15.3 Å². The Morgan fingerprint density at radius 3 is 2.68 bits per heavy atom. The predicted octanol–water partition coefficient (Wildman–Crippen LogP) is 4.24. The van der Waals surface area contributed by atoms with Crippen LogP contribution in [0.1, 0.15) is 40.5 Å². The number of benzene rings is 2. The molecule has 6 rings (SSSR count). The number of aliphatic imine (C=N–C) groups is 1. The van der Waals surface area contributed by atoms with Crippen molar-refractivity contribution in [3.63, 3.8) is 0 Å². The molecule has 1 aliphatic heterocycles. The van der Waals surface area contributed by atoms with E-state index in [0.717, 1.165) is 16.6 Å². The summed E-state index contributed by atoms with van der Waals surface area (Å²) in [6, 6.07) is 15.4. The van der Waals surface area contributed by atoms with Gasteiger partial charge in [-0.1, -0.05) is 6.07 Å². The number of hydrogen-bond acceptors (Lipinski definition) is 6. The molecule has 0 saturated carbocycles. The van der Waals surface area contributed by atoms with Gasteiger partial charge in [-0.25, -0.2) is 13.9 Å². The molecule has 1 fully saturated rings. The zero-order valence-electron chi connectivity index (χ0n) is 22.3. The summed E-state index contributed by atoms with van der Waals surface area (Å²) in [4.78, 5) is 39.1. The van der Waals surface area contributed by atoms with Crippen molar-refractivity contribution in [2.75, 3.05) is 20.1 Å². The average Bonchev–Trinajstić information content (AvgIpc) is 3.59. The zero-order valence-corrected chi connectivity index (χ0v) is 22.3.